The van der Waals surface area contributed by atoms with Crippen LogP contribution in [-0.4, -0.2) is 22.6 Å². The van der Waals surface area contributed by atoms with Crippen molar-refractivity contribution >= 4 is 17.5 Å². The van der Waals surface area contributed by atoms with Crippen molar-refractivity contribution < 1.29 is 19.5 Å². The van der Waals surface area contributed by atoms with E-state index in [1.54, 1.807) is 12.2 Å². The van der Waals surface area contributed by atoms with Gasteiger partial charge in [-0.1, -0.05) is 58.1 Å². The van der Waals surface area contributed by atoms with Crippen molar-refractivity contribution in [3.05, 3.63) is 24.3 Å². The SMILES string of the molecule is CCCCCC(=O)C=C[C@H]1C=CC(=O)[C@H]1CCCCCC(CC)C(=O)O. The Morgan fingerprint density at radius 2 is 1.92 bits per heavy atom. The van der Waals surface area contributed by atoms with Crippen LogP contribution in [0.1, 0.15) is 78.1 Å². The predicted molar refractivity (Wildman–Crippen MR) is 104 cm³/mol. The van der Waals surface area contributed by atoms with Crippen LogP contribution in [0.5, 0.6) is 0 Å². The molecule has 1 N–H and O–H groups in total. The lowest BCUT2D eigenvalue weighted by Crippen LogP contribution is -2.15. The summed E-state index contributed by atoms with van der Waals surface area (Å²) < 4.78 is 0. The van der Waals surface area contributed by atoms with Gasteiger partial charge in [0.15, 0.2) is 11.6 Å². The zero-order chi connectivity index (χ0) is 19.4. The van der Waals surface area contributed by atoms with Gasteiger partial charge in [0.1, 0.15) is 0 Å². The standard InChI is InChI=1S/C22H34O4/c1-3-5-7-11-19(23)15-13-18-14-16-21(24)20(18)12-9-6-8-10-17(4-2)22(25)26/h13-18,20H,3-12H2,1-2H3,(H,25,26)/t17?,18-,20-/m0/s1. The number of carboxylic acid groups (broad SMARTS) is 1. The first-order valence-corrected chi connectivity index (χ1v) is 10.1. The largest absolute Gasteiger partial charge is 0.481 e. The van der Waals surface area contributed by atoms with E-state index in [-0.39, 0.29) is 29.3 Å². The molecule has 4 nitrogen and oxygen atoms in total. The van der Waals surface area contributed by atoms with Crippen LogP contribution in [-0.2, 0) is 14.4 Å². The Kier molecular flexibility index (Phi) is 10.8. The molecule has 0 radical (unpaired) electrons. The fourth-order valence-electron chi connectivity index (χ4n) is 3.47. The molecule has 0 spiro atoms. The maximum Gasteiger partial charge on any atom is 0.306 e. The molecule has 0 aromatic carbocycles. The second-order valence-electron chi connectivity index (χ2n) is 7.31. The van der Waals surface area contributed by atoms with Crippen molar-refractivity contribution in [1.29, 1.82) is 0 Å². The minimum Gasteiger partial charge on any atom is -0.481 e. The number of carboxylic acids is 1. The van der Waals surface area contributed by atoms with Crippen LogP contribution < -0.4 is 0 Å². The van der Waals surface area contributed by atoms with E-state index in [2.05, 4.69) is 6.92 Å². The maximum absolute atomic E-state index is 12.1. The third kappa shape index (κ3) is 8.11. The van der Waals surface area contributed by atoms with Crippen molar-refractivity contribution in [1.82, 2.24) is 0 Å². The Balaban J connectivity index is 2.34. The first-order valence-electron chi connectivity index (χ1n) is 10.1. The molecule has 0 fully saturated rings. The molecule has 146 valence electrons. The lowest BCUT2D eigenvalue weighted by Gasteiger charge is -2.15. The maximum atomic E-state index is 12.1. The van der Waals surface area contributed by atoms with Gasteiger partial charge in [-0.05, 0) is 37.8 Å². The summed E-state index contributed by atoms with van der Waals surface area (Å²) in [6, 6.07) is 0. The van der Waals surface area contributed by atoms with Crippen molar-refractivity contribution in [3.8, 4) is 0 Å². The number of aliphatic carboxylic acids is 1. The summed E-state index contributed by atoms with van der Waals surface area (Å²) in [5, 5.41) is 9.06. The predicted octanol–water partition coefficient (Wildman–Crippen LogP) is 5.12. The quantitative estimate of drug-likeness (QED) is 0.344. The summed E-state index contributed by atoms with van der Waals surface area (Å²) in [6.07, 6.45) is 15.7. The Morgan fingerprint density at radius 1 is 1.15 bits per heavy atom. The highest BCUT2D eigenvalue weighted by atomic mass is 16.4. The van der Waals surface area contributed by atoms with Crippen LogP contribution in [0.15, 0.2) is 24.3 Å². The van der Waals surface area contributed by atoms with Gasteiger partial charge in [0.05, 0.1) is 5.92 Å². The summed E-state index contributed by atoms with van der Waals surface area (Å²) in [7, 11) is 0. The molecule has 1 aliphatic rings. The topological polar surface area (TPSA) is 71.4 Å². The second-order valence-corrected chi connectivity index (χ2v) is 7.31. The molecule has 26 heavy (non-hydrogen) atoms. The normalized spacial score (nSPS) is 20.8. The van der Waals surface area contributed by atoms with Crippen LogP contribution in [0.4, 0.5) is 0 Å². The molecule has 0 heterocycles. The summed E-state index contributed by atoms with van der Waals surface area (Å²) in [5.41, 5.74) is 0. The molecule has 4 heteroatoms. The fourth-order valence-corrected chi connectivity index (χ4v) is 3.47. The minimum absolute atomic E-state index is 0.0278. The highest BCUT2D eigenvalue weighted by Crippen LogP contribution is 2.29. The average Bonchev–Trinajstić information content (AvgIpc) is 2.96. The summed E-state index contributed by atoms with van der Waals surface area (Å²) in [5.74, 6) is -0.703. The zero-order valence-electron chi connectivity index (χ0n) is 16.3. The molecule has 0 aromatic heterocycles. The lowest BCUT2D eigenvalue weighted by molar-refractivity contribution is -0.142. The number of carbonyl (C=O) groups is 3. The lowest BCUT2D eigenvalue weighted by atomic mass is 9.88. The van der Waals surface area contributed by atoms with E-state index in [0.717, 1.165) is 44.9 Å². The van der Waals surface area contributed by atoms with Crippen LogP contribution in [0.25, 0.3) is 0 Å². The van der Waals surface area contributed by atoms with E-state index < -0.39 is 5.97 Å². The summed E-state index contributed by atoms with van der Waals surface area (Å²) >= 11 is 0. The third-order valence-corrected chi connectivity index (χ3v) is 5.25. The van der Waals surface area contributed by atoms with Gasteiger partial charge in [-0.3, -0.25) is 14.4 Å². The van der Waals surface area contributed by atoms with Gasteiger partial charge in [-0.15, -0.1) is 0 Å². The number of hydrogen-bond donors (Lipinski definition) is 1. The molecule has 1 rings (SSSR count). The Hall–Kier alpha value is -1.71. The van der Waals surface area contributed by atoms with Crippen molar-refractivity contribution in [3.63, 3.8) is 0 Å². The van der Waals surface area contributed by atoms with Gasteiger partial charge in [0, 0.05) is 18.3 Å². The van der Waals surface area contributed by atoms with Gasteiger partial charge in [-0.25, -0.2) is 0 Å². The van der Waals surface area contributed by atoms with E-state index in [1.165, 1.54) is 0 Å². The Morgan fingerprint density at radius 3 is 2.58 bits per heavy atom. The minimum atomic E-state index is -0.712. The molecular formula is C22H34O4. The highest BCUT2D eigenvalue weighted by molar-refractivity contribution is 5.95. The second kappa shape index (κ2) is 12.6. The van der Waals surface area contributed by atoms with E-state index in [1.807, 2.05) is 19.1 Å². The summed E-state index contributed by atoms with van der Waals surface area (Å²) in [4.78, 5) is 34.9. The first-order chi connectivity index (χ1) is 12.5. The molecular weight excluding hydrogens is 328 g/mol. The van der Waals surface area contributed by atoms with Gasteiger partial charge < -0.3 is 5.11 Å². The van der Waals surface area contributed by atoms with E-state index in [9.17, 15) is 14.4 Å². The van der Waals surface area contributed by atoms with Gasteiger partial charge in [0.2, 0.25) is 0 Å². The molecule has 0 bridgehead atoms. The molecule has 1 aliphatic carbocycles. The van der Waals surface area contributed by atoms with Gasteiger partial charge in [0.25, 0.3) is 0 Å². The monoisotopic (exact) mass is 362 g/mol. The molecule has 0 amide bonds. The zero-order valence-corrected chi connectivity index (χ0v) is 16.3. The number of allylic oxidation sites excluding steroid dienone is 4. The van der Waals surface area contributed by atoms with Gasteiger partial charge in [-0.2, -0.15) is 0 Å². The Bertz CT molecular complexity index is 518. The first kappa shape index (κ1) is 22.3. The van der Waals surface area contributed by atoms with Crippen LogP contribution >= 0.6 is 0 Å². The van der Waals surface area contributed by atoms with E-state index >= 15 is 0 Å². The van der Waals surface area contributed by atoms with Crippen LogP contribution in [0.3, 0.4) is 0 Å². The number of ketones is 2. The van der Waals surface area contributed by atoms with Crippen LogP contribution in [0, 0.1) is 17.8 Å². The van der Waals surface area contributed by atoms with Gasteiger partial charge >= 0.3 is 5.97 Å². The number of rotatable bonds is 14. The molecule has 3 atom stereocenters. The number of carbonyl (C=O) groups excluding carboxylic acids is 2. The highest BCUT2D eigenvalue weighted by Gasteiger charge is 2.27. The van der Waals surface area contributed by atoms with Crippen molar-refractivity contribution in [2.45, 2.75) is 78.1 Å². The molecule has 0 aliphatic heterocycles. The van der Waals surface area contributed by atoms with Crippen LogP contribution in [0.2, 0.25) is 0 Å². The number of hydrogen-bond acceptors (Lipinski definition) is 3. The van der Waals surface area contributed by atoms with Crippen molar-refractivity contribution in [2.75, 3.05) is 0 Å². The third-order valence-electron chi connectivity index (χ3n) is 5.25. The summed E-state index contributed by atoms with van der Waals surface area (Å²) in [6.45, 7) is 4.02. The molecule has 0 saturated heterocycles. The Labute approximate surface area is 157 Å². The smallest absolute Gasteiger partial charge is 0.306 e. The molecule has 0 saturated carbocycles. The molecule has 0 aromatic rings. The fraction of sp³-hybridized carbons (Fsp3) is 0.682. The average molecular weight is 363 g/mol. The van der Waals surface area contributed by atoms with E-state index in [4.69, 9.17) is 5.11 Å². The van der Waals surface area contributed by atoms with E-state index in [0.29, 0.717) is 19.3 Å². The molecule has 1 unspecified atom stereocenters. The van der Waals surface area contributed by atoms with Crippen molar-refractivity contribution in [2.24, 2.45) is 17.8 Å². The number of unbranched alkanes of at least 4 members (excludes halogenated alkanes) is 4.